The smallest absolute Gasteiger partial charge is 0.244 e. The van der Waals surface area contributed by atoms with Gasteiger partial charge in [0.2, 0.25) is 5.91 Å². The summed E-state index contributed by atoms with van der Waals surface area (Å²) in [7, 11) is 0. The van der Waals surface area contributed by atoms with Gasteiger partial charge in [-0.3, -0.25) is 4.79 Å². The molecule has 0 atom stereocenters. The van der Waals surface area contributed by atoms with E-state index in [-0.39, 0.29) is 18.3 Å². The Morgan fingerprint density at radius 1 is 1.13 bits per heavy atom. The van der Waals surface area contributed by atoms with E-state index in [0.29, 0.717) is 30.9 Å². The molecule has 30 heavy (non-hydrogen) atoms. The average Bonchev–Trinajstić information content (AvgIpc) is 3.19. The summed E-state index contributed by atoms with van der Waals surface area (Å²) in [5, 5.41) is 4.53. The fraction of sp³-hybridized carbons (Fsp3) is 0.364. The first-order valence-corrected chi connectivity index (χ1v) is 10.2. The Hall–Kier alpha value is -3.29. The standard InChI is InChI=1S/C22H25FN6O/c1-3-19-25-22(17-7-8-18(23)16(2)14-17)26-29(19)15-21(30)28-12-10-27(11-13-28)20-6-4-5-9-24-20/h4-9,14H,3,10-13,15H2,1-2H3. The molecule has 1 fully saturated rings. The molecule has 2 aromatic heterocycles. The van der Waals surface area contributed by atoms with Crippen LogP contribution in [0, 0.1) is 12.7 Å². The van der Waals surface area contributed by atoms with Crippen LogP contribution in [-0.2, 0) is 17.8 Å². The van der Waals surface area contributed by atoms with Gasteiger partial charge < -0.3 is 9.80 Å². The van der Waals surface area contributed by atoms with Gasteiger partial charge in [-0.15, -0.1) is 0 Å². The van der Waals surface area contributed by atoms with E-state index in [2.05, 4.69) is 20.0 Å². The predicted molar refractivity (Wildman–Crippen MR) is 113 cm³/mol. The van der Waals surface area contributed by atoms with Crippen molar-refractivity contribution in [2.24, 2.45) is 0 Å². The van der Waals surface area contributed by atoms with Gasteiger partial charge in [-0.2, -0.15) is 5.10 Å². The number of amides is 1. The van der Waals surface area contributed by atoms with Crippen molar-refractivity contribution in [3.63, 3.8) is 0 Å². The van der Waals surface area contributed by atoms with Crippen LogP contribution >= 0.6 is 0 Å². The van der Waals surface area contributed by atoms with Crippen LogP contribution < -0.4 is 4.90 Å². The molecule has 3 heterocycles. The number of halogens is 1. The first-order chi connectivity index (χ1) is 14.5. The van der Waals surface area contributed by atoms with Gasteiger partial charge in [-0.05, 0) is 42.8 Å². The number of hydrogen-bond donors (Lipinski definition) is 0. The molecule has 1 saturated heterocycles. The molecule has 0 aliphatic carbocycles. The van der Waals surface area contributed by atoms with Gasteiger partial charge >= 0.3 is 0 Å². The van der Waals surface area contributed by atoms with Crippen LogP contribution in [0.2, 0.25) is 0 Å². The number of carbonyl (C=O) groups is 1. The minimum absolute atomic E-state index is 0.0251. The Balaban J connectivity index is 1.43. The van der Waals surface area contributed by atoms with Crippen molar-refractivity contribution < 1.29 is 9.18 Å². The van der Waals surface area contributed by atoms with Gasteiger partial charge in [0.25, 0.3) is 0 Å². The zero-order valence-corrected chi connectivity index (χ0v) is 17.3. The normalized spacial score (nSPS) is 14.2. The molecule has 0 spiro atoms. The molecule has 1 aromatic carbocycles. The van der Waals surface area contributed by atoms with Crippen LogP contribution in [0.4, 0.5) is 10.2 Å². The molecular weight excluding hydrogens is 383 g/mol. The van der Waals surface area contributed by atoms with E-state index in [4.69, 9.17) is 0 Å². The lowest BCUT2D eigenvalue weighted by Gasteiger charge is -2.35. The molecular formula is C22H25FN6O. The molecule has 0 radical (unpaired) electrons. The molecule has 4 rings (SSSR count). The molecule has 8 heteroatoms. The lowest BCUT2D eigenvalue weighted by atomic mass is 10.1. The summed E-state index contributed by atoms with van der Waals surface area (Å²) >= 11 is 0. The second-order valence-corrected chi connectivity index (χ2v) is 7.38. The van der Waals surface area contributed by atoms with Crippen molar-refractivity contribution in [1.29, 1.82) is 0 Å². The maximum Gasteiger partial charge on any atom is 0.244 e. The van der Waals surface area contributed by atoms with Gasteiger partial charge in [0.1, 0.15) is 24.0 Å². The number of piperazine rings is 1. The van der Waals surface area contributed by atoms with Crippen molar-refractivity contribution in [3.05, 3.63) is 59.8 Å². The lowest BCUT2D eigenvalue weighted by Crippen LogP contribution is -2.50. The van der Waals surface area contributed by atoms with E-state index in [1.165, 1.54) is 6.07 Å². The number of hydrogen-bond acceptors (Lipinski definition) is 5. The quantitative estimate of drug-likeness (QED) is 0.649. The van der Waals surface area contributed by atoms with Crippen LogP contribution in [-0.4, -0.2) is 56.7 Å². The fourth-order valence-corrected chi connectivity index (χ4v) is 3.62. The summed E-state index contributed by atoms with van der Waals surface area (Å²) < 4.78 is 15.2. The summed E-state index contributed by atoms with van der Waals surface area (Å²) in [4.78, 5) is 25.9. The number of anilines is 1. The number of aromatic nitrogens is 4. The Kier molecular flexibility index (Phi) is 5.74. The maximum absolute atomic E-state index is 13.6. The van der Waals surface area contributed by atoms with Gasteiger partial charge in [-0.25, -0.2) is 19.0 Å². The van der Waals surface area contributed by atoms with E-state index in [1.54, 1.807) is 29.9 Å². The zero-order chi connectivity index (χ0) is 21.1. The number of rotatable bonds is 5. The Labute approximate surface area is 175 Å². The molecule has 0 N–H and O–H groups in total. The minimum Gasteiger partial charge on any atom is -0.353 e. The topological polar surface area (TPSA) is 67.2 Å². The van der Waals surface area contributed by atoms with Gasteiger partial charge in [-0.1, -0.05) is 13.0 Å². The highest BCUT2D eigenvalue weighted by molar-refractivity contribution is 5.76. The summed E-state index contributed by atoms with van der Waals surface area (Å²) in [6, 6.07) is 10.7. The summed E-state index contributed by atoms with van der Waals surface area (Å²) in [5.41, 5.74) is 1.29. The number of nitrogens with zero attached hydrogens (tertiary/aromatic N) is 6. The van der Waals surface area contributed by atoms with E-state index < -0.39 is 0 Å². The van der Waals surface area contributed by atoms with Crippen molar-refractivity contribution in [2.75, 3.05) is 31.1 Å². The number of aryl methyl sites for hydroxylation is 2. The van der Waals surface area contributed by atoms with Crippen LogP contribution in [0.1, 0.15) is 18.3 Å². The molecule has 0 bridgehead atoms. The van der Waals surface area contributed by atoms with Gasteiger partial charge in [0, 0.05) is 44.4 Å². The van der Waals surface area contributed by atoms with E-state index in [1.807, 2.05) is 30.0 Å². The molecule has 1 aliphatic rings. The predicted octanol–water partition coefficient (Wildman–Crippen LogP) is 2.70. The molecule has 1 aliphatic heterocycles. The largest absolute Gasteiger partial charge is 0.353 e. The van der Waals surface area contributed by atoms with Crippen molar-refractivity contribution in [3.8, 4) is 11.4 Å². The van der Waals surface area contributed by atoms with E-state index >= 15 is 0 Å². The third kappa shape index (κ3) is 4.17. The summed E-state index contributed by atoms with van der Waals surface area (Å²) in [5.74, 6) is 1.97. The highest BCUT2D eigenvalue weighted by Gasteiger charge is 2.23. The Morgan fingerprint density at radius 3 is 2.60 bits per heavy atom. The SMILES string of the molecule is CCc1nc(-c2ccc(F)c(C)c2)nn1CC(=O)N1CCN(c2ccccn2)CC1. The van der Waals surface area contributed by atoms with Crippen molar-refractivity contribution >= 4 is 11.7 Å². The van der Waals surface area contributed by atoms with Gasteiger partial charge in [0.15, 0.2) is 5.82 Å². The number of pyridine rings is 1. The summed E-state index contributed by atoms with van der Waals surface area (Å²) in [6.07, 6.45) is 2.44. The van der Waals surface area contributed by atoms with E-state index in [9.17, 15) is 9.18 Å². The van der Waals surface area contributed by atoms with Crippen molar-refractivity contribution in [2.45, 2.75) is 26.8 Å². The number of benzene rings is 1. The maximum atomic E-state index is 13.6. The first-order valence-electron chi connectivity index (χ1n) is 10.2. The van der Waals surface area contributed by atoms with Crippen molar-refractivity contribution in [1.82, 2.24) is 24.6 Å². The van der Waals surface area contributed by atoms with Crippen LogP contribution in [0.5, 0.6) is 0 Å². The minimum atomic E-state index is -0.256. The number of carbonyl (C=O) groups excluding carboxylic acids is 1. The van der Waals surface area contributed by atoms with Crippen LogP contribution in [0.15, 0.2) is 42.6 Å². The third-order valence-corrected chi connectivity index (χ3v) is 5.37. The second kappa shape index (κ2) is 8.61. The molecule has 3 aromatic rings. The molecule has 156 valence electrons. The fourth-order valence-electron chi connectivity index (χ4n) is 3.62. The van der Waals surface area contributed by atoms with E-state index in [0.717, 1.165) is 30.3 Å². The molecule has 0 unspecified atom stereocenters. The van der Waals surface area contributed by atoms with Crippen LogP contribution in [0.3, 0.4) is 0 Å². The highest BCUT2D eigenvalue weighted by atomic mass is 19.1. The first kappa shape index (κ1) is 20.0. The average molecular weight is 408 g/mol. The molecule has 1 amide bonds. The highest BCUT2D eigenvalue weighted by Crippen LogP contribution is 2.20. The third-order valence-electron chi connectivity index (χ3n) is 5.37. The Morgan fingerprint density at radius 2 is 1.93 bits per heavy atom. The van der Waals surface area contributed by atoms with Gasteiger partial charge in [0.05, 0.1) is 0 Å². The second-order valence-electron chi connectivity index (χ2n) is 7.38. The molecule has 0 saturated carbocycles. The lowest BCUT2D eigenvalue weighted by molar-refractivity contribution is -0.132. The Bertz CT molecular complexity index is 1030. The monoisotopic (exact) mass is 408 g/mol. The van der Waals surface area contributed by atoms with Crippen LogP contribution in [0.25, 0.3) is 11.4 Å². The molecule has 7 nitrogen and oxygen atoms in total. The zero-order valence-electron chi connectivity index (χ0n) is 17.3. The summed E-state index contributed by atoms with van der Waals surface area (Å²) in [6.45, 7) is 6.65.